The highest BCUT2D eigenvalue weighted by atomic mass is 16.2. The third-order valence-electron chi connectivity index (χ3n) is 3.20. The van der Waals surface area contributed by atoms with E-state index in [0.717, 1.165) is 23.7 Å². The summed E-state index contributed by atoms with van der Waals surface area (Å²) in [4.78, 5) is 27.4. The molecule has 6 nitrogen and oxygen atoms in total. The molecular formula is C15H16N4O2. The Morgan fingerprint density at radius 3 is 2.86 bits per heavy atom. The van der Waals surface area contributed by atoms with Gasteiger partial charge in [0.1, 0.15) is 0 Å². The lowest BCUT2D eigenvalue weighted by Gasteiger charge is -2.08. The Bertz CT molecular complexity index is 682. The Labute approximate surface area is 121 Å². The Morgan fingerprint density at radius 1 is 1.24 bits per heavy atom. The van der Waals surface area contributed by atoms with Crippen LogP contribution in [0.4, 0.5) is 10.5 Å². The van der Waals surface area contributed by atoms with Gasteiger partial charge in [-0.15, -0.1) is 0 Å². The van der Waals surface area contributed by atoms with E-state index in [9.17, 15) is 9.59 Å². The molecule has 0 unspecified atom stereocenters. The van der Waals surface area contributed by atoms with Crippen LogP contribution >= 0.6 is 0 Å². The van der Waals surface area contributed by atoms with Crippen LogP contribution in [0.15, 0.2) is 36.5 Å². The summed E-state index contributed by atoms with van der Waals surface area (Å²) in [5.41, 5.74) is 1.49. The van der Waals surface area contributed by atoms with Crippen LogP contribution in [0.5, 0.6) is 0 Å². The zero-order valence-corrected chi connectivity index (χ0v) is 11.4. The first-order chi connectivity index (χ1) is 10.2. The first kappa shape index (κ1) is 13.4. The Balaban J connectivity index is 1.54. The summed E-state index contributed by atoms with van der Waals surface area (Å²) >= 11 is 0. The second-order valence-electron chi connectivity index (χ2n) is 5.07. The molecule has 0 atom stereocenters. The van der Waals surface area contributed by atoms with Crippen molar-refractivity contribution in [2.24, 2.45) is 0 Å². The summed E-state index contributed by atoms with van der Waals surface area (Å²) in [6.45, 7) is -0.0641. The number of para-hydroxylation sites is 1. The number of benzene rings is 1. The normalized spacial score (nSPS) is 13.7. The molecule has 3 amide bonds. The van der Waals surface area contributed by atoms with Gasteiger partial charge >= 0.3 is 6.03 Å². The van der Waals surface area contributed by atoms with Gasteiger partial charge in [0, 0.05) is 11.4 Å². The van der Waals surface area contributed by atoms with E-state index in [1.807, 2.05) is 30.3 Å². The fourth-order valence-electron chi connectivity index (χ4n) is 1.97. The Morgan fingerprint density at radius 2 is 2.05 bits per heavy atom. The number of anilines is 1. The number of rotatable bonds is 4. The van der Waals surface area contributed by atoms with Crippen LogP contribution in [0.25, 0.3) is 10.9 Å². The molecule has 0 spiro atoms. The van der Waals surface area contributed by atoms with E-state index in [-0.39, 0.29) is 24.5 Å². The molecule has 1 fully saturated rings. The number of hydrogen-bond acceptors (Lipinski definition) is 3. The van der Waals surface area contributed by atoms with Crippen molar-refractivity contribution in [3.05, 3.63) is 36.5 Å². The van der Waals surface area contributed by atoms with Gasteiger partial charge in [-0.05, 0) is 25.0 Å². The van der Waals surface area contributed by atoms with Crippen LogP contribution in [0, 0.1) is 0 Å². The van der Waals surface area contributed by atoms with Gasteiger partial charge < -0.3 is 16.0 Å². The Hall–Kier alpha value is -2.63. The van der Waals surface area contributed by atoms with E-state index in [4.69, 9.17) is 0 Å². The number of carbonyl (C=O) groups is 2. The van der Waals surface area contributed by atoms with Crippen LogP contribution in [-0.2, 0) is 4.79 Å². The zero-order valence-electron chi connectivity index (χ0n) is 11.4. The third kappa shape index (κ3) is 3.68. The van der Waals surface area contributed by atoms with Crippen LogP contribution < -0.4 is 16.0 Å². The molecule has 0 bridgehead atoms. The maximum Gasteiger partial charge on any atom is 0.315 e. The van der Waals surface area contributed by atoms with E-state index in [1.165, 1.54) is 0 Å². The number of urea groups is 1. The lowest BCUT2D eigenvalue weighted by atomic mass is 10.2. The van der Waals surface area contributed by atoms with Crippen LogP contribution in [-0.4, -0.2) is 29.5 Å². The molecule has 1 aliphatic carbocycles. The summed E-state index contributed by atoms with van der Waals surface area (Å²) in [6.07, 6.45) is 3.63. The molecule has 0 radical (unpaired) electrons. The number of nitrogens with zero attached hydrogens (tertiary/aromatic N) is 1. The van der Waals surface area contributed by atoms with Crippen molar-refractivity contribution in [3.8, 4) is 0 Å². The number of aromatic nitrogens is 1. The molecular weight excluding hydrogens is 268 g/mol. The number of fused-ring (bicyclic) bond motifs is 1. The molecule has 108 valence electrons. The van der Waals surface area contributed by atoms with E-state index in [1.54, 1.807) is 6.20 Å². The molecule has 1 saturated carbocycles. The second kappa shape index (κ2) is 5.78. The van der Waals surface area contributed by atoms with Gasteiger partial charge in [-0.25, -0.2) is 4.79 Å². The minimum atomic E-state index is -0.302. The van der Waals surface area contributed by atoms with Crippen LogP contribution in [0.3, 0.4) is 0 Å². The van der Waals surface area contributed by atoms with Gasteiger partial charge in [0.25, 0.3) is 0 Å². The minimum absolute atomic E-state index is 0.0641. The highest BCUT2D eigenvalue weighted by Gasteiger charge is 2.23. The first-order valence-corrected chi connectivity index (χ1v) is 6.90. The number of amides is 3. The molecule has 1 aromatic heterocycles. The standard InChI is InChI=1S/C15H16N4O2/c20-14(9-17-15(21)19-11-5-6-11)18-12-7-10-3-1-2-4-13(10)16-8-12/h1-4,7-8,11H,5-6,9H2,(H,18,20)(H2,17,19,21). The highest BCUT2D eigenvalue weighted by Crippen LogP contribution is 2.18. The van der Waals surface area contributed by atoms with Crippen molar-refractivity contribution in [1.82, 2.24) is 15.6 Å². The summed E-state index contributed by atoms with van der Waals surface area (Å²) in [5.74, 6) is -0.280. The molecule has 1 aliphatic rings. The maximum absolute atomic E-state index is 11.8. The topological polar surface area (TPSA) is 83.1 Å². The maximum atomic E-state index is 11.8. The molecule has 21 heavy (non-hydrogen) atoms. The highest BCUT2D eigenvalue weighted by molar-refractivity contribution is 5.95. The molecule has 3 N–H and O–H groups in total. The monoisotopic (exact) mass is 284 g/mol. The summed E-state index contributed by atoms with van der Waals surface area (Å²) < 4.78 is 0. The average Bonchev–Trinajstić information content (AvgIpc) is 3.29. The quantitative estimate of drug-likeness (QED) is 0.798. The Kier molecular flexibility index (Phi) is 3.68. The van der Waals surface area contributed by atoms with E-state index < -0.39 is 0 Å². The van der Waals surface area contributed by atoms with E-state index in [2.05, 4.69) is 20.9 Å². The van der Waals surface area contributed by atoms with Crippen molar-refractivity contribution < 1.29 is 9.59 Å². The summed E-state index contributed by atoms with van der Waals surface area (Å²) in [7, 11) is 0. The molecule has 0 saturated heterocycles. The lowest BCUT2D eigenvalue weighted by Crippen LogP contribution is -2.40. The smallest absolute Gasteiger partial charge is 0.315 e. The van der Waals surface area contributed by atoms with Gasteiger partial charge in [0.2, 0.25) is 5.91 Å². The fourth-order valence-corrected chi connectivity index (χ4v) is 1.97. The van der Waals surface area contributed by atoms with Gasteiger partial charge in [-0.2, -0.15) is 0 Å². The second-order valence-corrected chi connectivity index (χ2v) is 5.07. The van der Waals surface area contributed by atoms with Crippen molar-refractivity contribution in [2.75, 3.05) is 11.9 Å². The third-order valence-corrected chi connectivity index (χ3v) is 3.20. The SMILES string of the molecule is O=C(CNC(=O)NC1CC1)Nc1cnc2ccccc2c1. The predicted octanol–water partition coefficient (Wildman–Crippen LogP) is 1.63. The minimum Gasteiger partial charge on any atom is -0.335 e. The fraction of sp³-hybridized carbons (Fsp3) is 0.267. The number of pyridine rings is 1. The summed E-state index contributed by atoms with van der Waals surface area (Å²) in [6, 6.07) is 9.49. The number of hydrogen-bond donors (Lipinski definition) is 3. The van der Waals surface area contributed by atoms with Crippen LogP contribution in [0.2, 0.25) is 0 Å². The van der Waals surface area contributed by atoms with Gasteiger partial charge in [-0.3, -0.25) is 9.78 Å². The lowest BCUT2D eigenvalue weighted by molar-refractivity contribution is -0.115. The molecule has 0 aliphatic heterocycles. The molecule has 3 rings (SSSR count). The molecule has 1 aromatic carbocycles. The zero-order chi connectivity index (χ0) is 14.7. The first-order valence-electron chi connectivity index (χ1n) is 6.90. The van der Waals surface area contributed by atoms with Gasteiger partial charge in [0.15, 0.2) is 0 Å². The van der Waals surface area contributed by atoms with Gasteiger partial charge in [-0.1, -0.05) is 18.2 Å². The van der Waals surface area contributed by atoms with Crippen molar-refractivity contribution in [1.29, 1.82) is 0 Å². The van der Waals surface area contributed by atoms with Crippen LogP contribution in [0.1, 0.15) is 12.8 Å². The predicted molar refractivity (Wildman–Crippen MR) is 79.9 cm³/mol. The molecule has 6 heteroatoms. The van der Waals surface area contributed by atoms with Crippen molar-refractivity contribution in [2.45, 2.75) is 18.9 Å². The van der Waals surface area contributed by atoms with E-state index >= 15 is 0 Å². The summed E-state index contributed by atoms with van der Waals surface area (Å²) in [5, 5.41) is 8.95. The molecule has 1 heterocycles. The molecule has 2 aromatic rings. The van der Waals surface area contributed by atoms with Gasteiger partial charge in [0.05, 0.1) is 23.9 Å². The number of nitrogens with one attached hydrogen (secondary N) is 3. The number of carbonyl (C=O) groups excluding carboxylic acids is 2. The largest absolute Gasteiger partial charge is 0.335 e. The van der Waals surface area contributed by atoms with Crippen molar-refractivity contribution in [3.63, 3.8) is 0 Å². The van der Waals surface area contributed by atoms with Crippen molar-refractivity contribution >= 4 is 28.5 Å². The average molecular weight is 284 g/mol. The van der Waals surface area contributed by atoms with E-state index in [0.29, 0.717) is 5.69 Å².